The summed E-state index contributed by atoms with van der Waals surface area (Å²) >= 11 is 0. The second kappa shape index (κ2) is 4.33. The Hall–Kier alpha value is -2.03. The monoisotopic (exact) mass is 253 g/mol. The summed E-state index contributed by atoms with van der Waals surface area (Å²) in [6, 6.07) is 5.10. The Balaban J connectivity index is 2.43. The molecule has 1 aromatic rings. The molecule has 1 heterocycles. The molecule has 6 heteroatoms. The Morgan fingerprint density at radius 3 is 2.61 bits per heavy atom. The molecule has 0 saturated carbocycles. The summed E-state index contributed by atoms with van der Waals surface area (Å²) in [5.41, 5.74) is -0.480. The topological polar surface area (TPSA) is 39.4 Å². The first kappa shape index (κ1) is 12.4. The lowest BCUT2D eigenvalue weighted by Gasteiger charge is -2.17. The van der Waals surface area contributed by atoms with Crippen molar-refractivity contribution in [2.24, 2.45) is 4.99 Å². The first-order valence-electron chi connectivity index (χ1n) is 5.32. The normalized spacial score (nSPS) is 19.1. The average molecular weight is 253 g/mol. The maximum absolute atomic E-state index is 12.7. The van der Waals surface area contributed by atoms with Crippen LogP contribution in [0.1, 0.15) is 18.1 Å². The van der Waals surface area contributed by atoms with E-state index in [-0.39, 0.29) is 11.6 Å². The van der Waals surface area contributed by atoms with E-state index in [9.17, 15) is 13.2 Å². The molecule has 0 fully saturated rings. The molecule has 0 N–H and O–H groups in total. The van der Waals surface area contributed by atoms with Gasteiger partial charge in [-0.05, 0) is 25.1 Å². The molecule has 1 aliphatic rings. The minimum absolute atomic E-state index is 0.00669. The van der Waals surface area contributed by atoms with Crippen molar-refractivity contribution < 1.29 is 13.2 Å². The molecule has 2 rings (SSSR count). The minimum Gasteiger partial charge on any atom is -0.331 e. The predicted molar refractivity (Wildman–Crippen MR) is 61.5 cm³/mol. The van der Waals surface area contributed by atoms with E-state index in [0.717, 1.165) is 12.1 Å². The Labute approximate surface area is 102 Å². The standard InChI is InChI=1S/C12H10F3N3/c1-8-6-18(7-17-8)11-3-9(5-16)2-10(4-11)12(13,14)15/h2-4,7-8H,6H2,1H3. The first-order chi connectivity index (χ1) is 8.40. The minimum atomic E-state index is -4.45. The highest BCUT2D eigenvalue weighted by atomic mass is 19.4. The Bertz CT molecular complexity index is 528. The lowest BCUT2D eigenvalue weighted by Crippen LogP contribution is -2.22. The van der Waals surface area contributed by atoms with Gasteiger partial charge in [0.05, 0.1) is 29.6 Å². The number of benzene rings is 1. The fourth-order valence-corrected chi connectivity index (χ4v) is 1.75. The fraction of sp³-hybridized carbons (Fsp3) is 0.333. The van der Waals surface area contributed by atoms with E-state index in [4.69, 9.17) is 5.26 Å². The van der Waals surface area contributed by atoms with Gasteiger partial charge in [0.2, 0.25) is 0 Å². The summed E-state index contributed by atoms with van der Waals surface area (Å²) in [7, 11) is 0. The second-order valence-electron chi connectivity index (χ2n) is 4.14. The predicted octanol–water partition coefficient (Wildman–Crippen LogP) is 2.81. The number of nitriles is 1. The molecular formula is C12H10F3N3. The molecule has 3 nitrogen and oxygen atoms in total. The van der Waals surface area contributed by atoms with Gasteiger partial charge >= 0.3 is 6.18 Å². The van der Waals surface area contributed by atoms with Crippen molar-refractivity contribution in [2.75, 3.05) is 11.4 Å². The zero-order chi connectivity index (χ0) is 13.3. The molecule has 0 aliphatic carbocycles. The summed E-state index contributed by atoms with van der Waals surface area (Å²) in [5.74, 6) is 0. The van der Waals surface area contributed by atoms with E-state index in [1.807, 2.05) is 6.92 Å². The smallest absolute Gasteiger partial charge is 0.331 e. The summed E-state index contributed by atoms with van der Waals surface area (Å²) in [5, 5.41) is 8.78. The molecule has 0 bridgehead atoms. The Morgan fingerprint density at radius 1 is 1.39 bits per heavy atom. The number of nitrogens with zero attached hydrogens (tertiary/aromatic N) is 3. The van der Waals surface area contributed by atoms with E-state index >= 15 is 0 Å². The molecule has 1 unspecified atom stereocenters. The van der Waals surface area contributed by atoms with Gasteiger partial charge < -0.3 is 4.90 Å². The molecule has 0 saturated heterocycles. The van der Waals surface area contributed by atoms with Gasteiger partial charge in [0, 0.05) is 12.2 Å². The molecular weight excluding hydrogens is 243 g/mol. The van der Waals surface area contributed by atoms with E-state index < -0.39 is 11.7 Å². The summed E-state index contributed by atoms with van der Waals surface area (Å²) < 4.78 is 38.1. The number of hydrogen-bond donors (Lipinski definition) is 0. The molecule has 0 radical (unpaired) electrons. The fourth-order valence-electron chi connectivity index (χ4n) is 1.75. The summed E-state index contributed by atoms with van der Waals surface area (Å²) in [4.78, 5) is 5.69. The van der Waals surface area contributed by atoms with Gasteiger partial charge in [-0.3, -0.25) is 4.99 Å². The van der Waals surface area contributed by atoms with E-state index in [2.05, 4.69) is 4.99 Å². The number of alkyl halides is 3. The van der Waals surface area contributed by atoms with Crippen LogP contribution >= 0.6 is 0 Å². The van der Waals surface area contributed by atoms with Crippen molar-refractivity contribution in [1.29, 1.82) is 5.26 Å². The van der Waals surface area contributed by atoms with Crippen LogP contribution in [0.2, 0.25) is 0 Å². The molecule has 18 heavy (non-hydrogen) atoms. The molecule has 94 valence electrons. The van der Waals surface area contributed by atoms with Crippen LogP contribution in [0.5, 0.6) is 0 Å². The third-order valence-electron chi connectivity index (χ3n) is 2.63. The highest BCUT2D eigenvalue weighted by Crippen LogP contribution is 2.33. The largest absolute Gasteiger partial charge is 0.416 e. The second-order valence-corrected chi connectivity index (χ2v) is 4.14. The van der Waals surface area contributed by atoms with E-state index in [0.29, 0.717) is 12.2 Å². The Morgan fingerprint density at radius 2 is 2.11 bits per heavy atom. The third-order valence-corrected chi connectivity index (χ3v) is 2.63. The van der Waals surface area contributed by atoms with Crippen molar-refractivity contribution in [3.05, 3.63) is 29.3 Å². The molecule has 0 aromatic heterocycles. The number of hydrogen-bond acceptors (Lipinski definition) is 3. The number of aliphatic imine (C=N–C) groups is 1. The van der Waals surface area contributed by atoms with Crippen molar-refractivity contribution >= 4 is 12.0 Å². The van der Waals surface area contributed by atoms with Crippen LogP contribution in [0.15, 0.2) is 23.2 Å². The van der Waals surface area contributed by atoms with Gasteiger partial charge in [0.25, 0.3) is 0 Å². The molecule has 1 aromatic carbocycles. The highest BCUT2D eigenvalue weighted by molar-refractivity contribution is 5.82. The molecule has 0 amide bonds. The highest BCUT2D eigenvalue weighted by Gasteiger charge is 2.32. The number of halogens is 3. The molecule has 1 atom stereocenters. The summed E-state index contributed by atoms with van der Waals surface area (Å²) in [6.45, 7) is 2.39. The van der Waals surface area contributed by atoms with Crippen molar-refractivity contribution in [1.82, 2.24) is 0 Å². The van der Waals surface area contributed by atoms with E-state index in [1.54, 1.807) is 11.0 Å². The van der Waals surface area contributed by atoms with Crippen molar-refractivity contribution in [3.8, 4) is 6.07 Å². The van der Waals surface area contributed by atoms with Gasteiger partial charge in [-0.25, -0.2) is 0 Å². The van der Waals surface area contributed by atoms with Gasteiger partial charge in [-0.2, -0.15) is 18.4 Å². The zero-order valence-corrected chi connectivity index (χ0v) is 9.57. The van der Waals surface area contributed by atoms with Crippen molar-refractivity contribution in [3.63, 3.8) is 0 Å². The van der Waals surface area contributed by atoms with Gasteiger partial charge in [-0.1, -0.05) is 0 Å². The van der Waals surface area contributed by atoms with Crippen LogP contribution in [0, 0.1) is 11.3 Å². The van der Waals surface area contributed by atoms with Crippen LogP contribution in [0.3, 0.4) is 0 Å². The van der Waals surface area contributed by atoms with Crippen LogP contribution in [0.4, 0.5) is 18.9 Å². The zero-order valence-electron chi connectivity index (χ0n) is 9.57. The Kier molecular flexibility index (Phi) is 2.99. The van der Waals surface area contributed by atoms with E-state index in [1.165, 1.54) is 12.4 Å². The third kappa shape index (κ3) is 2.45. The van der Waals surface area contributed by atoms with Gasteiger partial charge in [0.15, 0.2) is 0 Å². The van der Waals surface area contributed by atoms with Crippen LogP contribution in [-0.4, -0.2) is 18.9 Å². The lowest BCUT2D eigenvalue weighted by molar-refractivity contribution is -0.137. The lowest BCUT2D eigenvalue weighted by atomic mass is 10.1. The van der Waals surface area contributed by atoms with Crippen molar-refractivity contribution in [2.45, 2.75) is 19.1 Å². The van der Waals surface area contributed by atoms with Gasteiger partial charge in [-0.15, -0.1) is 0 Å². The summed E-state index contributed by atoms with van der Waals surface area (Å²) in [6.07, 6.45) is -2.95. The quantitative estimate of drug-likeness (QED) is 0.772. The van der Waals surface area contributed by atoms with Crippen LogP contribution < -0.4 is 4.90 Å². The van der Waals surface area contributed by atoms with Gasteiger partial charge in [0.1, 0.15) is 0 Å². The maximum atomic E-state index is 12.7. The molecule has 0 spiro atoms. The maximum Gasteiger partial charge on any atom is 0.416 e. The average Bonchev–Trinajstić information content (AvgIpc) is 2.74. The number of anilines is 1. The molecule has 1 aliphatic heterocycles. The SMILES string of the molecule is CC1CN(c2cc(C#N)cc(C(F)(F)F)c2)C=N1. The van der Waals surface area contributed by atoms with Crippen LogP contribution in [0.25, 0.3) is 0 Å². The van der Waals surface area contributed by atoms with Crippen LogP contribution in [-0.2, 0) is 6.18 Å². The number of rotatable bonds is 1. The first-order valence-corrected chi connectivity index (χ1v) is 5.32.